The smallest absolute Gasteiger partial charge is 0.143 e. The number of hydrogen-bond donors (Lipinski definition) is 1. The van der Waals surface area contributed by atoms with Gasteiger partial charge < -0.3 is 5.73 Å². The Kier molecular flexibility index (Phi) is 2.46. The summed E-state index contributed by atoms with van der Waals surface area (Å²) in [6.45, 7) is 1.63. The number of rotatable bonds is 1. The first-order chi connectivity index (χ1) is 5.56. The highest BCUT2D eigenvalue weighted by atomic mass is 79.9. The van der Waals surface area contributed by atoms with Gasteiger partial charge in [-0.25, -0.2) is 0 Å². The first kappa shape index (κ1) is 9.17. The molecule has 0 saturated carbocycles. The number of nitrogens with zero attached hydrogens (tertiary/aromatic N) is 2. The van der Waals surface area contributed by atoms with Gasteiger partial charge in [0.15, 0.2) is 0 Å². The van der Waals surface area contributed by atoms with Crippen LogP contribution in [0.15, 0.2) is 22.8 Å². The van der Waals surface area contributed by atoms with Crippen LogP contribution < -0.4 is 5.73 Å². The fourth-order valence-electron chi connectivity index (χ4n) is 0.746. The molecule has 62 valence electrons. The molecule has 0 aromatic carbocycles. The molecule has 0 aliphatic heterocycles. The van der Waals surface area contributed by atoms with Crippen molar-refractivity contribution in [2.45, 2.75) is 12.5 Å². The Morgan fingerprint density at radius 2 is 2.42 bits per heavy atom. The lowest BCUT2D eigenvalue weighted by atomic mass is 10.0. The molecule has 1 heterocycles. The number of aromatic nitrogens is 1. The predicted molar refractivity (Wildman–Crippen MR) is 49.1 cm³/mol. The van der Waals surface area contributed by atoms with E-state index >= 15 is 0 Å². The normalized spacial score (nSPS) is 14.8. The molecule has 2 N–H and O–H groups in total. The quantitative estimate of drug-likeness (QED) is 0.789. The second-order valence-electron chi connectivity index (χ2n) is 2.67. The molecular weight excluding hydrogens is 218 g/mol. The molecule has 0 unspecified atom stereocenters. The third kappa shape index (κ3) is 1.81. The van der Waals surface area contributed by atoms with Gasteiger partial charge in [0.25, 0.3) is 0 Å². The maximum absolute atomic E-state index is 8.71. The highest BCUT2D eigenvalue weighted by Crippen LogP contribution is 2.17. The molecule has 1 atom stereocenters. The van der Waals surface area contributed by atoms with Crippen LogP contribution >= 0.6 is 15.9 Å². The number of hydrogen-bond acceptors (Lipinski definition) is 3. The average Bonchev–Trinajstić information content (AvgIpc) is 2.05. The topological polar surface area (TPSA) is 62.7 Å². The van der Waals surface area contributed by atoms with Crippen LogP contribution in [0.4, 0.5) is 0 Å². The highest BCUT2D eigenvalue weighted by Gasteiger charge is 2.21. The van der Waals surface area contributed by atoms with Crippen LogP contribution in [0.3, 0.4) is 0 Å². The summed E-state index contributed by atoms with van der Waals surface area (Å²) in [6, 6.07) is 5.51. The van der Waals surface area contributed by atoms with E-state index in [0.29, 0.717) is 5.69 Å². The van der Waals surface area contributed by atoms with Gasteiger partial charge in [0.2, 0.25) is 0 Å². The Hall–Kier alpha value is -0.920. The fraction of sp³-hybridized carbons (Fsp3) is 0.250. The van der Waals surface area contributed by atoms with E-state index < -0.39 is 5.54 Å². The molecule has 4 heteroatoms. The largest absolute Gasteiger partial charge is 0.309 e. The minimum atomic E-state index is -1.01. The molecule has 0 aliphatic rings. The van der Waals surface area contributed by atoms with E-state index in [-0.39, 0.29) is 0 Å². The standard InChI is InChI=1S/C8H8BrN3/c1-8(11,5-10)7-4-6(9)2-3-12-7/h2-4H,11H2,1H3/t8-/m0/s1. The van der Waals surface area contributed by atoms with Gasteiger partial charge in [-0.1, -0.05) is 15.9 Å². The summed E-state index contributed by atoms with van der Waals surface area (Å²) in [7, 11) is 0. The number of nitriles is 1. The SMILES string of the molecule is C[C@](N)(C#N)c1cc(Br)ccn1. The van der Waals surface area contributed by atoms with Crippen molar-refractivity contribution < 1.29 is 0 Å². The molecule has 0 radical (unpaired) electrons. The molecule has 1 aromatic heterocycles. The number of halogens is 1. The van der Waals surface area contributed by atoms with E-state index in [1.54, 1.807) is 25.3 Å². The summed E-state index contributed by atoms with van der Waals surface area (Å²) in [6.07, 6.45) is 1.61. The molecule has 3 nitrogen and oxygen atoms in total. The average molecular weight is 226 g/mol. The number of nitrogens with two attached hydrogens (primary N) is 1. The molecule has 0 bridgehead atoms. The zero-order chi connectivity index (χ0) is 9.19. The van der Waals surface area contributed by atoms with Crippen molar-refractivity contribution in [3.8, 4) is 6.07 Å². The monoisotopic (exact) mass is 225 g/mol. The first-order valence-corrected chi connectivity index (χ1v) is 4.18. The van der Waals surface area contributed by atoms with Crippen LogP contribution in [0, 0.1) is 11.3 Å². The third-order valence-corrected chi connectivity index (χ3v) is 1.98. The maximum Gasteiger partial charge on any atom is 0.143 e. The van der Waals surface area contributed by atoms with Gasteiger partial charge in [0.05, 0.1) is 11.8 Å². The molecule has 1 aromatic rings. The predicted octanol–water partition coefficient (Wildman–Crippen LogP) is 1.54. The molecule has 0 saturated heterocycles. The van der Waals surface area contributed by atoms with E-state index in [9.17, 15) is 0 Å². The zero-order valence-corrected chi connectivity index (χ0v) is 8.17. The van der Waals surface area contributed by atoms with Crippen molar-refractivity contribution in [1.29, 1.82) is 5.26 Å². The lowest BCUT2D eigenvalue weighted by Gasteiger charge is -2.13. The molecule has 12 heavy (non-hydrogen) atoms. The maximum atomic E-state index is 8.71. The van der Waals surface area contributed by atoms with Crippen LogP contribution in [-0.2, 0) is 5.54 Å². The van der Waals surface area contributed by atoms with E-state index in [4.69, 9.17) is 11.0 Å². The second-order valence-corrected chi connectivity index (χ2v) is 3.59. The van der Waals surface area contributed by atoms with E-state index in [2.05, 4.69) is 20.9 Å². The van der Waals surface area contributed by atoms with Crippen LogP contribution in [0.1, 0.15) is 12.6 Å². The zero-order valence-electron chi connectivity index (χ0n) is 6.58. The summed E-state index contributed by atoms with van der Waals surface area (Å²) in [5.74, 6) is 0. The highest BCUT2D eigenvalue weighted by molar-refractivity contribution is 9.10. The Balaban J connectivity index is 3.14. The minimum absolute atomic E-state index is 0.569. The first-order valence-electron chi connectivity index (χ1n) is 3.38. The Bertz CT molecular complexity index is 327. The van der Waals surface area contributed by atoms with Gasteiger partial charge in [0, 0.05) is 10.7 Å². The van der Waals surface area contributed by atoms with Gasteiger partial charge in [-0.3, -0.25) is 4.98 Å². The van der Waals surface area contributed by atoms with Crippen LogP contribution in [0.25, 0.3) is 0 Å². The van der Waals surface area contributed by atoms with Crippen molar-refractivity contribution in [2.24, 2.45) is 5.73 Å². The minimum Gasteiger partial charge on any atom is -0.309 e. The molecule has 0 amide bonds. The van der Waals surface area contributed by atoms with Gasteiger partial charge in [-0.15, -0.1) is 0 Å². The molecular formula is C8H8BrN3. The molecule has 0 spiro atoms. The summed E-state index contributed by atoms with van der Waals surface area (Å²) < 4.78 is 0.874. The third-order valence-electron chi connectivity index (χ3n) is 1.49. The van der Waals surface area contributed by atoms with Gasteiger partial charge in [0.1, 0.15) is 5.54 Å². The molecule has 1 rings (SSSR count). The Morgan fingerprint density at radius 3 is 2.92 bits per heavy atom. The lowest BCUT2D eigenvalue weighted by molar-refractivity contribution is 0.622. The van der Waals surface area contributed by atoms with Crippen molar-refractivity contribution in [2.75, 3.05) is 0 Å². The van der Waals surface area contributed by atoms with Gasteiger partial charge >= 0.3 is 0 Å². The lowest BCUT2D eigenvalue weighted by Crippen LogP contribution is -2.31. The van der Waals surface area contributed by atoms with Crippen LogP contribution in [0.5, 0.6) is 0 Å². The van der Waals surface area contributed by atoms with E-state index in [1.807, 2.05) is 6.07 Å². The summed E-state index contributed by atoms with van der Waals surface area (Å²) in [5, 5.41) is 8.71. The van der Waals surface area contributed by atoms with Gasteiger partial charge in [-0.05, 0) is 19.1 Å². The van der Waals surface area contributed by atoms with Crippen molar-refractivity contribution in [3.05, 3.63) is 28.5 Å². The van der Waals surface area contributed by atoms with Crippen molar-refractivity contribution in [1.82, 2.24) is 4.98 Å². The molecule has 0 fully saturated rings. The Labute approximate surface area is 79.3 Å². The van der Waals surface area contributed by atoms with E-state index in [0.717, 1.165) is 4.47 Å². The molecule has 0 aliphatic carbocycles. The fourth-order valence-corrected chi connectivity index (χ4v) is 1.08. The van der Waals surface area contributed by atoms with Crippen LogP contribution in [-0.4, -0.2) is 4.98 Å². The van der Waals surface area contributed by atoms with Crippen LogP contribution in [0.2, 0.25) is 0 Å². The van der Waals surface area contributed by atoms with E-state index in [1.165, 1.54) is 0 Å². The van der Waals surface area contributed by atoms with Crippen molar-refractivity contribution >= 4 is 15.9 Å². The Morgan fingerprint density at radius 1 is 1.75 bits per heavy atom. The second kappa shape index (κ2) is 3.21. The van der Waals surface area contributed by atoms with Crippen molar-refractivity contribution in [3.63, 3.8) is 0 Å². The van der Waals surface area contributed by atoms with Gasteiger partial charge in [-0.2, -0.15) is 5.26 Å². The summed E-state index contributed by atoms with van der Waals surface area (Å²) in [4.78, 5) is 4.00. The number of pyridine rings is 1. The summed E-state index contributed by atoms with van der Waals surface area (Å²) >= 11 is 3.28. The summed E-state index contributed by atoms with van der Waals surface area (Å²) in [5.41, 5.74) is 5.22.